The largest absolute Gasteiger partial charge is 0.397 e. The number of thiophene rings is 1. The number of anilines is 1. The van der Waals surface area contributed by atoms with Crippen molar-refractivity contribution in [2.24, 2.45) is 5.92 Å². The molecular weight excluding hydrogens is 254 g/mol. The van der Waals surface area contributed by atoms with Crippen LogP contribution in [0.15, 0.2) is 35.0 Å². The lowest BCUT2D eigenvalue weighted by molar-refractivity contribution is 0.536. The molecular formula is C15H17N3S. The Balaban J connectivity index is 2.26. The molecule has 0 saturated heterocycles. The van der Waals surface area contributed by atoms with E-state index in [9.17, 15) is 0 Å². The van der Waals surface area contributed by atoms with Gasteiger partial charge in [0.15, 0.2) is 0 Å². The maximum atomic E-state index is 6.05. The average Bonchev–Trinajstić information content (AvgIpc) is 2.93. The zero-order valence-corrected chi connectivity index (χ0v) is 11.9. The van der Waals surface area contributed by atoms with Crippen molar-refractivity contribution in [3.8, 4) is 11.4 Å². The summed E-state index contributed by atoms with van der Waals surface area (Å²) in [5.41, 5.74) is 10.1. The molecule has 3 aromatic rings. The van der Waals surface area contributed by atoms with E-state index in [1.54, 1.807) is 11.3 Å². The third-order valence-corrected chi connectivity index (χ3v) is 3.90. The lowest BCUT2D eigenvalue weighted by Gasteiger charge is -2.11. The number of aromatic nitrogens is 2. The lowest BCUT2D eigenvalue weighted by Crippen LogP contribution is -2.06. The summed E-state index contributed by atoms with van der Waals surface area (Å²) in [6, 6.07) is 8.26. The van der Waals surface area contributed by atoms with Crippen LogP contribution in [0, 0.1) is 5.92 Å². The molecule has 0 unspecified atom stereocenters. The zero-order chi connectivity index (χ0) is 13.4. The molecule has 0 fully saturated rings. The molecule has 2 N–H and O–H groups in total. The van der Waals surface area contributed by atoms with Gasteiger partial charge in [0.1, 0.15) is 5.82 Å². The molecule has 4 heteroatoms. The fourth-order valence-corrected chi connectivity index (χ4v) is 3.04. The van der Waals surface area contributed by atoms with E-state index in [-0.39, 0.29) is 0 Å². The first-order valence-corrected chi connectivity index (χ1v) is 7.38. The van der Waals surface area contributed by atoms with E-state index >= 15 is 0 Å². The van der Waals surface area contributed by atoms with Gasteiger partial charge in [-0.05, 0) is 18.1 Å². The van der Waals surface area contributed by atoms with Crippen molar-refractivity contribution in [2.45, 2.75) is 20.4 Å². The predicted octanol–water partition coefficient (Wildman–Crippen LogP) is 4.00. The maximum absolute atomic E-state index is 6.05. The molecule has 1 aromatic carbocycles. The molecule has 2 aromatic heterocycles. The van der Waals surface area contributed by atoms with Crippen LogP contribution in [-0.2, 0) is 6.54 Å². The minimum absolute atomic E-state index is 0.566. The van der Waals surface area contributed by atoms with Crippen LogP contribution in [0.25, 0.3) is 22.4 Å². The summed E-state index contributed by atoms with van der Waals surface area (Å²) in [4.78, 5) is 4.76. The molecule has 2 heterocycles. The number of hydrogen-bond acceptors (Lipinski definition) is 3. The summed E-state index contributed by atoms with van der Waals surface area (Å²) in [7, 11) is 0. The van der Waals surface area contributed by atoms with E-state index in [0.29, 0.717) is 5.92 Å². The smallest absolute Gasteiger partial charge is 0.144 e. The topological polar surface area (TPSA) is 43.8 Å². The van der Waals surface area contributed by atoms with Crippen LogP contribution >= 0.6 is 11.3 Å². The Hall–Kier alpha value is -1.81. The molecule has 98 valence electrons. The molecule has 0 aliphatic rings. The standard InChI is InChI=1S/C15H17N3S/c1-10(2)7-18-14-6-4-3-5-13(14)17-15(18)11-8-19-9-12(11)16/h3-6,8-10H,7,16H2,1-2H3. The quantitative estimate of drug-likeness (QED) is 0.782. The van der Waals surface area contributed by atoms with Crippen molar-refractivity contribution in [3.63, 3.8) is 0 Å². The van der Waals surface area contributed by atoms with Gasteiger partial charge in [0, 0.05) is 17.3 Å². The molecule has 0 saturated carbocycles. The van der Waals surface area contributed by atoms with Crippen LogP contribution in [0.5, 0.6) is 0 Å². The van der Waals surface area contributed by atoms with E-state index in [2.05, 4.69) is 42.0 Å². The monoisotopic (exact) mass is 271 g/mol. The molecule has 0 amide bonds. The summed E-state index contributed by atoms with van der Waals surface area (Å²) in [6.45, 7) is 5.39. The highest BCUT2D eigenvalue weighted by Gasteiger charge is 2.15. The molecule has 0 aliphatic heterocycles. The van der Waals surface area contributed by atoms with Gasteiger partial charge in [0.05, 0.1) is 22.3 Å². The van der Waals surface area contributed by atoms with Crippen molar-refractivity contribution in [3.05, 3.63) is 35.0 Å². The Bertz CT molecular complexity index is 709. The molecule has 0 atom stereocenters. The van der Waals surface area contributed by atoms with Crippen LogP contribution < -0.4 is 5.73 Å². The number of benzene rings is 1. The highest BCUT2D eigenvalue weighted by atomic mass is 32.1. The maximum Gasteiger partial charge on any atom is 0.144 e. The SMILES string of the molecule is CC(C)Cn1c(-c2cscc2N)nc2ccccc21. The van der Waals surface area contributed by atoms with Gasteiger partial charge in [0.25, 0.3) is 0 Å². The molecule has 3 rings (SSSR count). The summed E-state index contributed by atoms with van der Waals surface area (Å²) < 4.78 is 2.28. The Morgan fingerprint density at radius 3 is 2.74 bits per heavy atom. The van der Waals surface area contributed by atoms with Gasteiger partial charge in [-0.2, -0.15) is 0 Å². The van der Waals surface area contributed by atoms with E-state index in [1.165, 1.54) is 5.52 Å². The fourth-order valence-electron chi connectivity index (χ4n) is 2.32. The van der Waals surface area contributed by atoms with E-state index in [1.807, 2.05) is 11.4 Å². The van der Waals surface area contributed by atoms with Gasteiger partial charge in [-0.25, -0.2) is 4.98 Å². The molecule has 0 radical (unpaired) electrons. The van der Waals surface area contributed by atoms with Gasteiger partial charge >= 0.3 is 0 Å². The third kappa shape index (κ3) is 2.12. The molecule has 3 nitrogen and oxygen atoms in total. The first kappa shape index (κ1) is 12.2. The first-order chi connectivity index (χ1) is 9.16. The number of imidazole rings is 1. The normalized spacial score (nSPS) is 11.5. The summed E-state index contributed by atoms with van der Waals surface area (Å²) >= 11 is 1.62. The number of nitrogen functional groups attached to an aromatic ring is 1. The second-order valence-electron chi connectivity index (χ2n) is 5.17. The van der Waals surface area contributed by atoms with Crippen LogP contribution in [0.2, 0.25) is 0 Å². The summed E-state index contributed by atoms with van der Waals surface area (Å²) in [6.07, 6.45) is 0. The number of hydrogen-bond donors (Lipinski definition) is 1. The van der Waals surface area contributed by atoms with Crippen LogP contribution in [-0.4, -0.2) is 9.55 Å². The van der Waals surface area contributed by atoms with Gasteiger partial charge in [-0.3, -0.25) is 0 Å². The van der Waals surface area contributed by atoms with Gasteiger partial charge in [-0.15, -0.1) is 11.3 Å². The summed E-state index contributed by atoms with van der Waals surface area (Å²) in [5.74, 6) is 1.55. The molecule has 19 heavy (non-hydrogen) atoms. The molecule has 0 aliphatic carbocycles. The molecule has 0 bridgehead atoms. The van der Waals surface area contributed by atoms with Crippen molar-refractivity contribution < 1.29 is 0 Å². The number of rotatable bonds is 3. The Morgan fingerprint density at radius 2 is 2.05 bits per heavy atom. The highest BCUT2D eigenvalue weighted by Crippen LogP contribution is 2.32. The number of fused-ring (bicyclic) bond motifs is 1. The second-order valence-corrected chi connectivity index (χ2v) is 5.91. The van der Waals surface area contributed by atoms with Gasteiger partial charge in [-0.1, -0.05) is 26.0 Å². The highest BCUT2D eigenvalue weighted by molar-refractivity contribution is 7.08. The van der Waals surface area contributed by atoms with Crippen molar-refractivity contribution in [2.75, 3.05) is 5.73 Å². The Morgan fingerprint density at radius 1 is 1.26 bits per heavy atom. The van der Waals surface area contributed by atoms with E-state index in [4.69, 9.17) is 10.7 Å². The number of nitrogens with zero attached hydrogens (tertiary/aromatic N) is 2. The fraction of sp³-hybridized carbons (Fsp3) is 0.267. The Labute approximate surface area is 116 Å². The van der Waals surface area contributed by atoms with Crippen LogP contribution in [0.1, 0.15) is 13.8 Å². The van der Waals surface area contributed by atoms with Crippen molar-refractivity contribution in [1.29, 1.82) is 0 Å². The van der Waals surface area contributed by atoms with E-state index in [0.717, 1.165) is 29.1 Å². The summed E-state index contributed by atoms with van der Waals surface area (Å²) in [5, 5.41) is 4.04. The van der Waals surface area contributed by atoms with Crippen LogP contribution in [0.4, 0.5) is 5.69 Å². The Kier molecular flexibility index (Phi) is 3.03. The van der Waals surface area contributed by atoms with Crippen molar-refractivity contribution in [1.82, 2.24) is 9.55 Å². The predicted molar refractivity (Wildman–Crippen MR) is 82.3 cm³/mol. The van der Waals surface area contributed by atoms with Crippen molar-refractivity contribution >= 4 is 28.1 Å². The zero-order valence-electron chi connectivity index (χ0n) is 11.1. The lowest BCUT2D eigenvalue weighted by atomic mass is 10.2. The third-order valence-electron chi connectivity index (χ3n) is 3.14. The van der Waals surface area contributed by atoms with Gasteiger partial charge < -0.3 is 10.3 Å². The van der Waals surface area contributed by atoms with E-state index < -0.39 is 0 Å². The number of para-hydroxylation sites is 2. The minimum Gasteiger partial charge on any atom is -0.397 e. The van der Waals surface area contributed by atoms with Gasteiger partial charge in [0.2, 0.25) is 0 Å². The van der Waals surface area contributed by atoms with Crippen LogP contribution in [0.3, 0.4) is 0 Å². The minimum atomic E-state index is 0.566. The second kappa shape index (κ2) is 4.70. The average molecular weight is 271 g/mol. The first-order valence-electron chi connectivity index (χ1n) is 6.44. The number of nitrogens with two attached hydrogens (primary N) is 1. The molecule has 0 spiro atoms.